The normalized spacial score (nSPS) is 13.1. The lowest BCUT2D eigenvalue weighted by atomic mass is 10.1. The van der Waals surface area contributed by atoms with Crippen molar-refractivity contribution in [2.24, 2.45) is 0 Å². The molecule has 0 bridgehead atoms. The largest absolute Gasteiger partial charge is 0.376 e. The van der Waals surface area contributed by atoms with E-state index < -0.39 is 9.84 Å². The summed E-state index contributed by atoms with van der Waals surface area (Å²) in [5, 5.41) is 13.7. The van der Waals surface area contributed by atoms with Crippen LogP contribution in [0.3, 0.4) is 0 Å². The third kappa shape index (κ3) is 4.44. The third-order valence-corrected chi connectivity index (χ3v) is 8.73. The second-order valence-electron chi connectivity index (χ2n) is 9.38. The number of H-pyrrole nitrogens is 1. The number of hydrogen-bond acceptors (Lipinski definition) is 7. The molecule has 39 heavy (non-hydrogen) atoms. The number of sulfone groups is 1. The molecule has 8 nitrogen and oxygen atoms in total. The number of rotatable bonds is 6. The molecular weight excluding hydrogens is 510 g/mol. The van der Waals surface area contributed by atoms with Crippen LogP contribution in [-0.2, 0) is 34.1 Å². The van der Waals surface area contributed by atoms with Crippen LogP contribution in [0, 0.1) is 18.3 Å². The number of aryl methyl sites for hydroxylation is 1. The van der Waals surface area contributed by atoms with Crippen LogP contribution in [0.4, 0.5) is 5.82 Å². The van der Waals surface area contributed by atoms with E-state index in [-0.39, 0.29) is 9.79 Å². The average Bonchev–Trinajstić information content (AvgIpc) is 3.32. The highest BCUT2D eigenvalue weighted by Gasteiger charge is 2.28. The van der Waals surface area contributed by atoms with Gasteiger partial charge in [0.05, 0.1) is 39.8 Å². The van der Waals surface area contributed by atoms with Crippen molar-refractivity contribution < 1.29 is 13.2 Å². The van der Waals surface area contributed by atoms with Crippen LogP contribution in [0.1, 0.15) is 28.1 Å². The fourth-order valence-corrected chi connectivity index (χ4v) is 6.48. The van der Waals surface area contributed by atoms with Gasteiger partial charge in [-0.25, -0.2) is 18.4 Å². The summed E-state index contributed by atoms with van der Waals surface area (Å²) in [6.45, 7) is 3.34. The number of aromatic amines is 1. The van der Waals surface area contributed by atoms with Gasteiger partial charge in [-0.1, -0.05) is 48.5 Å². The van der Waals surface area contributed by atoms with Gasteiger partial charge in [0.25, 0.3) is 0 Å². The fraction of sp³-hybridized carbons (Fsp3) is 0.167. The number of benzene rings is 3. The second kappa shape index (κ2) is 9.98. The Hall–Kier alpha value is -4.52. The molecule has 1 aliphatic heterocycles. The first-order valence-corrected chi connectivity index (χ1v) is 14.1. The lowest BCUT2D eigenvalue weighted by molar-refractivity contribution is 0.109. The van der Waals surface area contributed by atoms with E-state index >= 15 is 0 Å². The first-order chi connectivity index (χ1) is 19.0. The first-order valence-electron chi connectivity index (χ1n) is 12.6. The molecule has 0 aliphatic carbocycles. The minimum absolute atomic E-state index is 0.102. The van der Waals surface area contributed by atoms with E-state index in [1.54, 1.807) is 30.3 Å². The summed E-state index contributed by atoms with van der Waals surface area (Å²) < 4.78 is 33.4. The number of aromatic nitrogens is 3. The molecule has 0 fully saturated rings. The van der Waals surface area contributed by atoms with Gasteiger partial charge in [-0.3, -0.25) is 0 Å². The van der Waals surface area contributed by atoms with E-state index in [4.69, 9.17) is 14.7 Å². The molecule has 3 aromatic carbocycles. The second-order valence-corrected chi connectivity index (χ2v) is 11.3. The van der Waals surface area contributed by atoms with Crippen LogP contribution in [0.2, 0.25) is 0 Å². The van der Waals surface area contributed by atoms with Gasteiger partial charge >= 0.3 is 0 Å². The molecule has 1 aliphatic rings. The van der Waals surface area contributed by atoms with Crippen molar-refractivity contribution in [3.05, 3.63) is 101 Å². The number of nitriles is 1. The van der Waals surface area contributed by atoms with Crippen LogP contribution >= 0.6 is 0 Å². The van der Waals surface area contributed by atoms with E-state index in [9.17, 15) is 13.7 Å². The maximum atomic E-state index is 13.8. The van der Waals surface area contributed by atoms with Crippen LogP contribution in [-0.4, -0.2) is 30.0 Å². The molecule has 0 saturated heterocycles. The fourth-order valence-electron chi connectivity index (χ4n) is 4.99. The van der Waals surface area contributed by atoms with Crippen molar-refractivity contribution >= 4 is 26.6 Å². The molecule has 0 amide bonds. The molecule has 0 radical (unpaired) electrons. The highest BCUT2D eigenvalue weighted by molar-refractivity contribution is 7.91. The minimum atomic E-state index is -3.90. The van der Waals surface area contributed by atoms with Crippen LogP contribution in [0.5, 0.6) is 0 Å². The van der Waals surface area contributed by atoms with Gasteiger partial charge < -0.3 is 15.0 Å². The molecular formula is C30H25N5O3S. The van der Waals surface area contributed by atoms with Crippen LogP contribution in [0.25, 0.3) is 22.3 Å². The van der Waals surface area contributed by atoms with Crippen molar-refractivity contribution in [2.75, 3.05) is 11.9 Å². The molecule has 6 rings (SSSR count). The molecule has 3 heterocycles. The summed E-state index contributed by atoms with van der Waals surface area (Å²) in [5.41, 5.74) is 4.89. The third-order valence-electron chi connectivity index (χ3n) is 6.92. The predicted molar refractivity (Wildman–Crippen MR) is 148 cm³/mol. The van der Waals surface area contributed by atoms with Crippen molar-refractivity contribution in [3.8, 4) is 17.5 Å². The highest BCUT2D eigenvalue weighted by Crippen LogP contribution is 2.39. The smallest absolute Gasteiger partial charge is 0.207 e. The van der Waals surface area contributed by atoms with Gasteiger partial charge in [0.1, 0.15) is 11.9 Å². The number of nitrogens with zero attached hydrogens (tertiary/aromatic N) is 3. The Bertz CT molecular complexity index is 1840. The summed E-state index contributed by atoms with van der Waals surface area (Å²) in [5.74, 6) is 1.05. The lowest BCUT2D eigenvalue weighted by Gasteiger charge is -2.20. The Kier molecular flexibility index (Phi) is 6.35. The summed E-state index contributed by atoms with van der Waals surface area (Å²) in [4.78, 5) is 13.3. The SMILES string of the molecule is Cc1[nH]c2c(C#N)ccc(S(=O)(=O)c3ccccc3)c2c1-c1nc2c(c(NCc3ccccc3)n1)COCC2. The number of anilines is 1. The number of ether oxygens (including phenoxy) is 1. The van der Waals surface area contributed by atoms with Crippen molar-refractivity contribution in [1.82, 2.24) is 15.0 Å². The van der Waals surface area contributed by atoms with E-state index in [2.05, 4.69) is 16.4 Å². The Labute approximate surface area is 226 Å². The Morgan fingerprint density at radius 2 is 1.77 bits per heavy atom. The average molecular weight is 536 g/mol. The van der Waals surface area contributed by atoms with Crippen LogP contribution < -0.4 is 5.32 Å². The van der Waals surface area contributed by atoms with E-state index in [0.717, 1.165) is 16.8 Å². The van der Waals surface area contributed by atoms with Gasteiger partial charge in [-0.2, -0.15) is 5.26 Å². The topological polar surface area (TPSA) is 121 Å². The van der Waals surface area contributed by atoms with Crippen molar-refractivity contribution in [2.45, 2.75) is 36.3 Å². The maximum Gasteiger partial charge on any atom is 0.207 e. The van der Waals surface area contributed by atoms with Crippen LogP contribution in [0.15, 0.2) is 82.6 Å². The minimum Gasteiger partial charge on any atom is -0.376 e. The Morgan fingerprint density at radius 3 is 2.51 bits per heavy atom. The van der Waals surface area contributed by atoms with Gasteiger partial charge in [-0.15, -0.1) is 0 Å². The zero-order valence-corrected chi connectivity index (χ0v) is 22.0. The predicted octanol–water partition coefficient (Wildman–Crippen LogP) is 5.32. The summed E-state index contributed by atoms with van der Waals surface area (Å²) >= 11 is 0. The Balaban J connectivity index is 1.57. The molecule has 0 saturated carbocycles. The first kappa shape index (κ1) is 24.8. The summed E-state index contributed by atoms with van der Waals surface area (Å²) in [6, 6.07) is 23.5. The number of nitrogens with one attached hydrogen (secondary N) is 2. The molecule has 2 N–H and O–H groups in total. The summed E-state index contributed by atoms with van der Waals surface area (Å²) in [6.07, 6.45) is 0.616. The van der Waals surface area contributed by atoms with Gasteiger partial charge in [-0.05, 0) is 36.8 Å². The van der Waals surface area contributed by atoms with E-state index in [1.165, 1.54) is 12.1 Å². The maximum absolute atomic E-state index is 13.8. The lowest BCUT2D eigenvalue weighted by Crippen LogP contribution is -2.17. The van der Waals surface area contributed by atoms with Gasteiger partial charge in [0.15, 0.2) is 5.82 Å². The molecule has 0 spiro atoms. The number of hydrogen-bond donors (Lipinski definition) is 2. The standard InChI is InChI=1S/C30H25N5O3S/c1-19-26(27-25(13-12-21(16-31)28(27)33-19)39(36,37)22-10-6-3-7-11-22)30-34-24-14-15-38-18-23(24)29(35-30)32-17-20-8-4-2-5-9-20/h2-13,33H,14-15,17-18H2,1H3,(H,32,34,35). The van der Waals surface area contributed by atoms with Gasteiger partial charge in [0, 0.05) is 35.2 Å². The molecule has 0 unspecified atom stereocenters. The number of fused-ring (bicyclic) bond motifs is 2. The quantitative estimate of drug-likeness (QED) is 0.302. The van der Waals surface area contributed by atoms with Crippen molar-refractivity contribution in [3.63, 3.8) is 0 Å². The molecule has 5 aromatic rings. The van der Waals surface area contributed by atoms with E-state index in [1.807, 2.05) is 37.3 Å². The van der Waals surface area contributed by atoms with E-state index in [0.29, 0.717) is 65.5 Å². The molecule has 194 valence electrons. The Morgan fingerprint density at radius 1 is 1.03 bits per heavy atom. The van der Waals surface area contributed by atoms with Crippen molar-refractivity contribution in [1.29, 1.82) is 5.26 Å². The van der Waals surface area contributed by atoms with Gasteiger partial charge in [0.2, 0.25) is 9.84 Å². The molecule has 0 atom stereocenters. The molecule has 9 heteroatoms. The monoisotopic (exact) mass is 535 g/mol. The summed E-state index contributed by atoms with van der Waals surface area (Å²) in [7, 11) is -3.90. The zero-order valence-electron chi connectivity index (χ0n) is 21.2. The highest BCUT2D eigenvalue weighted by atomic mass is 32.2. The molecule has 2 aromatic heterocycles. The zero-order chi connectivity index (χ0) is 27.0.